The summed E-state index contributed by atoms with van der Waals surface area (Å²) in [6.07, 6.45) is 4.18. The number of fused-ring (bicyclic) bond motifs is 4. The van der Waals surface area contributed by atoms with Crippen LogP contribution in [-0.2, 0) is 30.7 Å². The van der Waals surface area contributed by atoms with Crippen molar-refractivity contribution in [2.24, 2.45) is 0 Å². The maximum absolute atomic E-state index is 12.9. The molecule has 0 atom stereocenters. The first-order valence-corrected chi connectivity index (χ1v) is 17.8. The molecule has 0 aliphatic carbocycles. The van der Waals surface area contributed by atoms with Gasteiger partial charge < -0.3 is 28.5 Å². The Morgan fingerprint density at radius 1 is 0.660 bits per heavy atom. The summed E-state index contributed by atoms with van der Waals surface area (Å²) in [5.74, 6) is -1.95. The van der Waals surface area contributed by atoms with Crippen molar-refractivity contribution in [3.8, 4) is 0 Å². The second-order valence-corrected chi connectivity index (χ2v) is 14.0. The maximum atomic E-state index is 12.9. The number of methoxy groups -OCH3 is 1. The Balaban J connectivity index is 0.000000164. The molecule has 0 spiro atoms. The molecule has 10 nitrogen and oxygen atoms in total. The minimum atomic E-state index is -1.16. The van der Waals surface area contributed by atoms with E-state index in [2.05, 4.69) is 0 Å². The fourth-order valence-electron chi connectivity index (χ4n) is 6.68. The summed E-state index contributed by atoms with van der Waals surface area (Å²) in [5, 5.41) is 11.9. The van der Waals surface area contributed by atoms with Gasteiger partial charge in [-0.25, -0.2) is 9.59 Å². The lowest BCUT2D eigenvalue weighted by molar-refractivity contribution is 0.0598. The van der Waals surface area contributed by atoms with Crippen LogP contribution in [0.1, 0.15) is 63.7 Å². The fraction of sp³-hybridized carbons (Fsp3) is 0.179. The van der Waals surface area contributed by atoms with E-state index in [1.54, 1.807) is 58.7 Å². The first-order valence-electron chi connectivity index (χ1n) is 16.3. The van der Waals surface area contributed by atoms with Crippen LogP contribution in [0.2, 0.25) is 20.1 Å². The van der Waals surface area contributed by atoms with E-state index in [4.69, 9.17) is 60.0 Å². The Bertz CT molecular complexity index is 2470. The number of carbonyl (C=O) groups is 4. The summed E-state index contributed by atoms with van der Waals surface area (Å²) in [7, 11) is 1.28. The third-order valence-electron chi connectivity index (χ3n) is 9.39. The summed E-state index contributed by atoms with van der Waals surface area (Å²) >= 11 is 25.0. The highest BCUT2D eigenvalue weighted by Gasteiger charge is 2.29. The lowest BCUT2D eigenvalue weighted by atomic mass is 9.96. The van der Waals surface area contributed by atoms with Crippen molar-refractivity contribution in [2.75, 3.05) is 20.2 Å². The SMILES string of the molecule is COC(=O)c1c(Cl)cc2c(c1Cl)CCN(C(=O)c1ccc3ccoc3c1)C2.O=C(O)c1c(Cl)cc2c(c1Cl)CCN(C(=O)c1ccc3ccoc3c1)C2. The fourth-order valence-corrected chi connectivity index (χ4v) is 8.18. The molecule has 53 heavy (non-hydrogen) atoms. The van der Waals surface area contributed by atoms with E-state index < -0.39 is 11.9 Å². The van der Waals surface area contributed by atoms with E-state index in [1.165, 1.54) is 7.11 Å². The number of halogens is 4. The van der Waals surface area contributed by atoms with Crippen LogP contribution in [-0.4, -0.2) is 58.9 Å². The molecule has 8 rings (SSSR count). The summed E-state index contributed by atoms with van der Waals surface area (Å²) < 4.78 is 15.5. The Labute approximate surface area is 322 Å². The maximum Gasteiger partial charge on any atom is 0.340 e. The first-order chi connectivity index (χ1) is 25.4. The number of aromatic carboxylic acids is 1. The third-order valence-corrected chi connectivity index (χ3v) is 10.8. The van der Waals surface area contributed by atoms with Gasteiger partial charge in [-0.15, -0.1) is 0 Å². The predicted molar refractivity (Wildman–Crippen MR) is 201 cm³/mol. The molecule has 6 aromatic rings. The average molecular weight is 794 g/mol. The molecule has 0 radical (unpaired) electrons. The Morgan fingerprint density at radius 3 is 1.57 bits per heavy atom. The largest absolute Gasteiger partial charge is 0.478 e. The number of carboxylic acid groups (broad SMARTS) is 1. The summed E-state index contributed by atoms with van der Waals surface area (Å²) in [5.41, 5.74) is 5.67. The second kappa shape index (κ2) is 14.8. The van der Waals surface area contributed by atoms with E-state index in [0.29, 0.717) is 66.3 Å². The number of esters is 1. The lowest BCUT2D eigenvalue weighted by Crippen LogP contribution is -2.36. The predicted octanol–water partition coefficient (Wildman–Crippen LogP) is 9.36. The summed E-state index contributed by atoms with van der Waals surface area (Å²) in [4.78, 5) is 52.4. The second-order valence-electron chi connectivity index (χ2n) is 12.5. The number of nitrogens with zero attached hydrogens (tertiary/aromatic N) is 2. The van der Waals surface area contributed by atoms with Crippen LogP contribution in [0.4, 0.5) is 0 Å². The number of carboxylic acids is 1. The van der Waals surface area contributed by atoms with Gasteiger partial charge in [-0.2, -0.15) is 0 Å². The quantitative estimate of drug-likeness (QED) is 0.175. The molecule has 2 aliphatic rings. The van der Waals surface area contributed by atoms with Gasteiger partial charge in [0.1, 0.15) is 11.2 Å². The van der Waals surface area contributed by atoms with Crippen molar-refractivity contribution >= 4 is 92.1 Å². The summed E-state index contributed by atoms with van der Waals surface area (Å²) in [6.45, 7) is 1.63. The molecule has 2 amide bonds. The Kier molecular flexibility index (Phi) is 10.1. The van der Waals surface area contributed by atoms with E-state index in [1.807, 2.05) is 24.3 Å². The van der Waals surface area contributed by atoms with Crippen LogP contribution in [0.3, 0.4) is 0 Å². The van der Waals surface area contributed by atoms with Gasteiger partial charge in [-0.3, -0.25) is 9.59 Å². The minimum absolute atomic E-state index is 0.0764. The van der Waals surface area contributed by atoms with Crippen molar-refractivity contribution in [3.05, 3.63) is 138 Å². The van der Waals surface area contributed by atoms with Crippen LogP contribution in [0.15, 0.2) is 82.0 Å². The standard InChI is InChI=1S/C20H15Cl2NO4.C19H13Cl2NO4/c1-26-20(25)17-15(21)8-13-10-23(6-4-14(13)18(17)22)19(24)12-3-2-11-5-7-27-16(11)9-12;20-14-7-12-9-22(5-3-13(12)17(21)16(14)19(24)25)18(23)11-2-1-10-4-6-26-15(10)8-11/h2-3,5,7-9H,4,6,10H2,1H3;1-2,4,6-8H,3,5,9H2,(H,24,25). The molecule has 0 saturated heterocycles. The molecule has 2 aliphatic heterocycles. The van der Waals surface area contributed by atoms with Gasteiger partial charge >= 0.3 is 11.9 Å². The molecular formula is C39H28Cl4N2O8. The Hall–Kier alpha value is -5.00. The van der Waals surface area contributed by atoms with Crippen LogP contribution >= 0.6 is 46.4 Å². The molecule has 14 heteroatoms. The molecule has 270 valence electrons. The van der Waals surface area contributed by atoms with Gasteiger partial charge in [0.25, 0.3) is 11.8 Å². The molecule has 2 aromatic heterocycles. The zero-order valence-electron chi connectivity index (χ0n) is 27.9. The van der Waals surface area contributed by atoms with Crippen molar-refractivity contribution in [2.45, 2.75) is 25.9 Å². The van der Waals surface area contributed by atoms with E-state index >= 15 is 0 Å². The molecule has 0 fully saturated rings. The normalized spacial score (nSPS) is 13.6. The zero-order chi connectivity index (χ0) is 37.6. The van der Waals surface area contributed by atoms with Crippen LogP contribution in [0.5, 0.6) is 0 Å². The topological polar surface area (TPSA) is 130 Å². The zero-order valence-corrected chi connectivity index (χ0v) is 30.9. The molecule has 0 bridgehead atoms. The van der Waals surface area contributed by atoms with Gasteiger partial charge in [0.15, 0.2) is 0 Å². The Morgan fingerprint density at radius 2 is 1.11 bits per heavy atom. The van der Waals surface area contributed by atoms with Crippen molar-refractivity contribution in [3.63, 3.8) is 0 Å². The van der Waals surface area contributed by atoms with Crippen molar-refractivity contribution in [1.29, 1.82) is 0 Å². The molecule has 0 unspecified atom stereocenters. The highest BCUT2D eigenvalue weighted by atomic mass is 35.5. The molecule has 4 aromatic carbocycles. The number of amides is 2. The van der Waals surface area contributed by atoms with Gasteiger partial charge in [-0.05, 0) is 83.6 Å². The average Bonchev–Trinajstić information content (AvgIpc) is 3.83. The van der Waals surface area contributed by atoms with Crippen LogP contribution in [0, 0.1) is 0 Å². The van der Waals surface area contributed by atoms with Crippen LogP contribution in [0.25, 0.3) is 21.9 Å². The summed E-state index contributed by atoms with van der Waals surface area (Å²) in [6, 6.07) is 17.7. The van der Waals surface area contributed by atoms with Gasteiger partial charge in [-0.1, -0.05) is 58.5 Å². The van der Waals surface area contributed by atoms with Crippen molar-refractivity contribution < 1.29 is 37.9 Å². The van der Waals surface area contributed by atoms with Gasteiger partial charge in [0.05, 0.1) is 50.9 Å². The highest BCUT2D eigenvalue weighted by molar-refractivity contribution is 6.40. The number of furan rings is 2. The van der Waals surface area contributed by atoms with E-state index in [9.17, 15) is 24.3 Å². The number of hydrogen-bond donors (Lipinski definition) is 1. The number of rotatable bonds is 4. The van der Waals surface area contributed by atoms with E-state index in [-0.39, 0.29) is 38.0 Å². The minimum Gasteiger partial charge on any atom is -0.478 e. The highest BCUT2D eigenvalue weighted by Crippen LogP contribution is 2.37. The number of carbonyl (C=O) groups excluding carboxylic acids is 3. The van der Waals surface area contributed by atoms with Gasteiger partial charge in [0.2, 0.25) is 0 Å². The molecule has 1 N–H and O–H groups in total. The van der Waals surface area contributed by atoms with E-state index in [0.717, 1.165) is 33.0 Å². The molecule has 0 saturated carbocycles. The molecule has 4 heterocycles. The lowest BCUT2D eigenvalue weighted by Gasteiger charge is -2.30. The number of hydrogen-bond acceptors (Lipinski definition) is 7. The number of benzene rings is 4. The third kappa shape index (κ3) is 6.95. The van der Waals surface area contributed by atoms with Crippen LogP contribution < -0.4 is 0 Å². The molecular weight excluding hydrogens is 766 g/mol. The first kappa shape index (κ1) is 36.4. The monoisotopic (exact) mass is 792 g/mol. The van der Waals surface area contributed by atoms with Crippen molar-refractivity contribution in [1.82, 2.24) is 9.80 Å². The van der Waals surface area contributed by atoms with Gasteiger partial charge in [0, 0.05) is 48.1 Å². The number of ether oxygens (including phenoxy) is 1. The smallest absolute Gasteiger partial charge is 0.340 e.